The van der Waals surface area contributed by atoms with Gasteiger partial charge in [-0.1, -0.05) is 41.1 Å². The van der Waals surface area contributed by atoms with E-state index in [9.17, 15) is 9.59 Å². The molecule has 5 aromatic rings. The quantitative estimate of drug-likeness (QED) is 0.195. The molecule has 0 spiro atoms. The van der Waals surface area contributed by atoms with E-state index >= 15 is 4.39 Å². The summed E-state index contributed by atoms with van der Waals surface area (Å²) in [5, 5.41) is 8.86. The molecule has 266 valence electrons. The first-order chi connectivity index (χ1) is 24.8. The molecule has 0 unspecified atom stereocenters. The van der Waals surface area contributed by atoms with Gasteiger partial charge in [0.2, 0.25) is 5.91 Å². The number of likely N-dealkylation sites (N-methyl/N-ethyl adjacent to an activating group) is 1. The summed E-state index contributed by atoms with van der Waals surface area (Å²) in [6.45, 7) is 5.30. The van der Waals surface area contributed by atoms with E-state index < -0.39 is 5.82 Å². The van der Waals surface area contributed by atoms with Crippen LogP contribution in [-0.2, 0) is 11.3 Å². The lowest BCUT2D eigenvalue weighted by Crippen LogP contribution is -2.44. The summed E-state index contributed by atoms with van der Waals surface area (Å²) in [7, 11) is 5.34. The molecule has 7 rings (SSSR count). The van der Waals surface area contributed by atoms with Crippen molar-refractivity contribution in [2.75, 3.05) is 65.4 Å². The Morgan fingerprint density at radius 1 is 1.02 bits per heavy atom. The van der Waals surface area contributed by atoms with Gasteiger partial charge < -0.3 is 29.2 Å². The van der Waals surface area contributed by atoms with E-state index in [1.807, 2.05) is 30.3 Å². The fraction of sp³-hybridized carbons (Fsp3) is 0.324. The van der Waals surface area contributed by atoms with Gasteiger partial charge in [0.25, 0.3) is 0 Å². The molecule has 0 bridgehead atoms. The van der Waals surface area contributed by atoms with Crippen molar-refractivity contribution in [3.05, 3.63) is 89.2 Å². The van der Waals surface area contributed by atoms with Gasteiger partial charge in [0.1, 0.15) is 5.75 Å². The molecule has 1 fully saturated rings. The summed E-state index contributed by atoms with van der Waals surface area (Å²) in [5.74, 6) is 1.69. The third-order valence-electron chi connectivity index (χ3n) is 9.12. The molecule has 0 atom stereocenters. The predicted octanol–water partition coefficient (Wildman–Crippen LogP) is 5.59. The van der Waals surface area contributed by atoms with Crippen molar-refractivity contribution in [2.45, 2.75) is 19.4 Å². The number of benzene rings is 2. The van der Waals surface area contributed by atoms with Gasteiger partial charge in [-0.25, -0.2) is 9.37 Å². The van der Waals surface area contributed by atoms with E-state index in [4.69, 9.17) is 21.1 Å². The molecule has 5 heterocycles. The van der Waals surface area contributed by atoms with Gasteiger partial charge in [0.15, 0.2) is 23.7 Å². The second-order valence-electron chi connectivity index (χ2n) is 12.3. The van der Waals surface area contributed by atoms with Crippen molar-refractivity contribution >= 4 is 46.1 Å². The van der Waals surface area contributed by atoms with Crippen LogP contribution in [0.1, 0.15) is 28.9 Å². The Balaban J connectivity index is 0.000000234. The highest BCUT2D eigenvalue weighted by atomic mass is 35.5. The number of nitrogens with zero attached hydrogens (tertiary/aromatic N) is 7. The number of aromatic nitrogens is 5. The molecule has 2 aliphatic heterocycles. The summed E-state index contributed by atoms with van der Waals surface area (Å²) in [6.07, 6.45) is 8.55. The molecule has 12 nitrogen and oxygen atoms in total. The van der Waals surface area contributed by atoms with Crippen LogP contribution in [0.2, 0.25) is 5.02 Å². The Labute approximate surface area is 300 Å². The molecule has 1 amide bonds. The SMILES string of the molecule is COc1c(Cl)ccnc1N1CCN(C)CC1.COc1ccccc1-c1cc(C2=CCCN(C(=O)CCn3ccnn3)C2)c(F)c2[nH]c(C=O)cc12. The van der Waals surface area contributed by atoms with Crippen LogP contribution in [0.3, 0.4) is 0 Å². The Hall–Kier alpha value is -5.27. The number of aldehydes is 1. The third-order valence-corrected chi connectivity index (χ3v) is 9.42. The zero-order chi connectivity index (χ0) is 35.9. The molecule has 51 heavy (non-hydrogen) atoms. The zero-order valence-electron chi connectivity index (χ0n) is 28.8. The van der Waals surface area contributed by atoms with Crippen molar-refractivity contribution in [1.29, 1.82) is 0 Å². The number of carbonyl (C=O) groups is 2. The number of rotatable bonds is 9. The minimum absolute atomic E-state index is 0.0272. The lowest BCUT2D eigenvalue weighted by atomic mass is 9.93. The van der Waals surface area contributed by atoms with Crippen LogP contribution in [0.25, 0.3) is 27.6 Å². The largest absolute Gasteiger partial charge is 0.496 e. The summed E-state index contributed by atoms with van der Waals surface area (Å²) < 4.78 is 28.3. The summed E-state index contributed by atoms with van der Waals surface area (Å²) in [6, 6.07) is 12.7. The van der Waals surface area contributed by atoms with Gasteiger partial charge in [-0.3, -0.25) is 14.3 Å². The topological polar surface area (TPSA) is 122 Å². The number of halogens is 2. The van der Waals surface area contributed by atoms with Crippen molar-refractivity contribution < 1.29 is 23.5 Å². The number of H-pyrrole nitrogens is 1. The number of nitrogens with one attached hydrogen (secondary N) is 1. The number of hydrogen-bond donors (Lipinski definition) is 1. The smallest absolute Gasteiger partial charge is 0.224 e. The van der Waals surface area contributed by atoms with Crippen LogP contribution in [-0.4, -0.2) is 107 Å². The second-order valence-corrected chi connectivity index (χ2v) is 12.7. The lowest BCUT2D eigenvalue weighted by molar-refractivity contribution is -0.131. The number of methoxy groups -OCH3 is 2. The first-order valence-electron chi connectivity index (χ1n) is 16.7. The Morgan fingerprint density at radius 2 is 1.82 bits per heavy atom. The number of piperazine rings is 1. The first-order valence-corrected chi connectivity index (χ1v) is 17.1. The maximum absolute atomic E-state index is 15.8. The van der Waals surface area contributed by atoms with Crippen LogP contribution < -0.4 is 14.4 Å². The minimum Gasteiger partial charge on any atom is -0.496 e. The van der Waals surface area contributed by atoms with Crippen molar-refractivity contribution in [3.8, 4) is 22.6 Å². The van der Waals surface area contributed by atoms with Crippen molar-refractivity contribution in [1.82, 2.24) is 34.8 Å². The molecule has 2 aromatic carbocycles. The third kappa shape index (κ3) is 7.89. The molecular formula is C37H40ClFN8O4. The average Bonchev–Trinajstić information content (AvgIpc) is 3.86. The molecule has 0 aliphatic carbocycles. The summed E-state index contributed by atoms with van der Waals surface area (Å²) in [5.41, 5.74) is 3.19. The van der Waals surface area contributed by atoms with Gasteiger partial charge in [0.05, 0.1) is 43.2 Å². The number of aromatic amines is 1. The van der Waals surface area contributed by atoms with E-state index in [-0.39, 0.29) is 23.5 Å². The van der Waals surface area contributed by atoms with E-state index in [0.717, 1.165) is 48.7 Å². The van der Waals surface area contributed by atoms with Crippen molar-refractivity contribution in [3.63, 3.8) is 0 Å². The van der Waals surface area contributed by atoms with Crippen LogP contribution >= 0.6 is 11.6 Å². The number of hydrogen-bond acceptors (Lipinski definition) is 9. The molecule has 0 radical (unpaired) electrons. The van der Waals surface area contributed by atoms with Crippen LogP contribution in [0, 0.1) is 5.82 Å². The maximum Gasteiger partial charge on any atom is 0.224 e. The van der Waals surface area contributed by atoms with Crippen molar-refractivity contribution in [2.24, 2.45) is 0 Å². The number of carbonyl (C=O) groups excluding carboxylic acids is 2. The number of ether oxygens (including phenoxy) is 2. The lowest BCUT2D eigenvalue weighted by Gasteiger charge is -2.33. The van der Waals surface area contributed by atoms with Crippen LogP contribution in [0.15, 0.2) is 67.1 Å². The predicted molar refractivity (Wildman–Crippen MR) is 195 cm³/mol. The van der Waals surface area contributed by atoms with Gasteiger partial charge in [0, 0.05) is 74.6 Å². The molecule has 0 saturated carbocycles. The van der Waals surface area contributed by atoms with Gasteiger partial charge in [-0.2, -0.15) is 0 Å². The number of para-hydroxylation sites is 1. The van der Waals surface area contributed by atoms with E-state index in [1.165, 1.54) is 0 Å². The van der Waals surface area contributed by atoms with Crippen LogP contribution in [0.5, 0.6) is 11.5 Å². The number of aryl methyl sites for hydroxylation is 1. The zero-order valence-corrected chi connectivity index (χ0v) is 29.6. The molecule has 14 heteroatoms. The van der Waals surface area contributed by atoms with Gasteiger partial charge in [-0.15, -0.1) is 5.10 Å². The molecule has 3 aromatic heterocycles. The average molecular weight is 715 g/mol. The van der Waals surface area contributed by atoms with Gasteiger partial charge in [-0.05, 0) is 48.9 Å². The van der Waals surface area contributed by atoms with Gasteiger partial charge >= 0.3 is 0 Å². The highest BCUT2D eigenvalue weighted by Crippen LogP contribution is 2.40. The Morgan fingerprint density at radius 3 is 2.55 bits per heavy atom. The molecule has 1 N–H and O–H groups in total. The highest BCUT2D eigenvalue weighted by Gasteiger charge is 2.25. The molecule has 2 aliphatic rings. The van der Waals surface area contributed by atoms with E-state index in [1.54, 1.807) is 60.6 Å². The molecule has 1 saturated heterocycles. The monoisotopic (exact) mass is 714 g/mol. The number of pyridine rings is 1. The minimum atomic E-state index is -0.449. The number of amides is 1. The van der Waals surface area contributed by atoms with E-state index in [2.05, 4.69) is 37.1 Å². The first kappa shape index (κ1) is 35.6. The standard InChI is InChI=1S/C26H24FN5O3.C11H16ClN3O/c1-35-23-7-3-2-6-19(23)21-14-20(25(27)26-22(21)13-18(16-33)29-26)17-5-4-10-31(15-17)24(34)8-11-32-12-9-28-30-32;1-14-5-7-15(8-6-14)11-10(16-2)9(12)3-4-13-11/h2-3,5-7,9,12-14,16,29H,4,8,10-11,15H2,1H3;3-4H,5-8H2,1-2H3. The fourth-order valence-electron chi connectivity index (χ4n) is 6.39. The second kappa shape index (κ2) is 16.2. The fourth-order valence-corrected chi connectivity index (χ4v) is 6.61. The van der Waals surface area contributed by atoms with E-state index in [0.29, 0.717) is 59.8 Å². The van der Waals surface area contributed by atoms with Crippen LogP contribution in [0.4, 0.5) is 10.2 Å². The Bertz CT molecular complexity index is 2020. The number of anilines is 1. The normalized spacial score (nSPS) is 14.9. The highest BCUT2D eigenvalue weighted by molar-refractivity contribution is 6.32. The summed E-state index contributed by atoms with van der Waals surface area (Å²) >= 11 is 6.08. The maximum atomic E-state index is 15.8. The number of fused-ring (bicyclic) bond motifs is 1. The molecular weight excluding hydrogens is 675 g/mol. The summed E-state index contributed by atoms with van der Waals surface area (Å²) in [4.78, 5) is 37.8. The Kier molecular flexibility index (Phi) is 11.3.